The molecule has 0 aliphatic carbocycles. The largest absolute Gasteiger partial charge is 0.326 e. The van der Waals surface area contributed by atoms with Gasteiger partial charge in [-0.05, 0) is 33.6 Å². The van der Waals surface area contributed by atoms with Crippen molar-refractivity contribution in [3.8, 4) is 5.69 Å². The molecule has 1 heterocycles. The Balaban J connectivity index is 2.45. The normalized spacial score (nSPS) is 10.6. The van der Waals surface area contributed by atoms with E-state index >= 15 is 0 Å². The lowest BCUT2D eigenvalue weighted by Crippen LogP contribution is -1.99. The Morgan fingerprint density at radius 3 is 2.80 bits per heavy atom. The molecule has 2 aromatic rings. The Bertz CT molecular complexity index is 481. The maximum Gasteiger partial charge on any atom is 0.0832 e. The summed E-state index contributed by atoms with van der Waals surface area (Å²) in [4.78, 5) is 0. The van der Waals surface area contributed by atoms with Gasteiger partial charge in [0.25, 0.3) is 0 Å². The molecule has 1 aromatic heterocycles. The molecule has 1 aromatic carbocycles. The third kappa shape index (κ3) is 2.22. The van der Waals surface area contributed by atoms with Crippen LogP contribution in [0.25, 0.3) is 5.69 Å². The van der Waals surface area contributed by atoms with Gasteiger partial charge in [0.15, 0.2) is 0 Å². The van der Waals surface area contributed by atoms with Crippen LogP contribution in [0.5, 0.6) is 0 Å². The monoisotopic (exact) mass is 285 g/mol. The number of benzene rings is 1. The van der Waals surface area contributed by atoms with Gasteiger partial charge in [-0.1, -0.05) is 17.7 Å². The second-order valence-electron chi connectivity index (χ2n) is 3.09. The molecule has 0 aliphatic rings. The van der Waals surface area contributed by atoms with Gasteiger partial charge in [0.05, 0.1) is 21.4 Å². The summed E-state index contributed by atoms with van der Waals surface area (Å²) in [5, 5.41) is 4.80. The van der Waals surface area contributed by atoms with Crippen molar-refractivity contribution in [3.05, 3.63) is 45.7 Å². The minimum Gasteiger partial charge on any atom is -0.326 e. The Labute approximate surface area is 101 Å². The standard InChI is InChI=1S/C10H9BrClN3/c11-8-5-14-15(6-8)10-2-1-7(4-13)3-9(10)12/h1-3,5-6H,4,13H2. The second kappa shape index (κ2) is 4.35. The molecule has 0 radical (unpaired) electrons. The van der Waals surface area contributed by atoms with E-state index in [1.54, 1.807) is 10.9 Å². The summed E-state index contributed by atoms with van der Waals surface area (Å²) in [7, 11) is 0. The van der Waals surface area contributed by atoms with Gasteiger partial charge in [0.1, 0.15) is 0 Å². The van der Waals surface area contributed by atoms with Crippen molar-refractivity contribution in [2.75, 3.05) is 0 Å². The fourth-order valence-corrected chi connectivity index (χ4v) is 1.87. The number of hydrogen-bond donors (Lipinski definition) is 1. The third-order valence-corrected chi connectivity index (χ3v) is 2.76. The Morgan fingerprint density at radius 2 is 2.27 bits per heavy atom. The summed E-state index contributed by atoms with van der Waals surface area (Å²) in [6.07, 6.45) is 3.57. The number of hydrogen-bond acceptors (Lipinski definition) is 2. The summed E-state index contributed by atoms with van der Waals surface area (Å²) >= 11 is 9.46. The molecule has 2 N–H and O–H groups in total. The maximum atomic E-state index is 6.12. The zero-order chi connectivity index (χ0) is 10.8. The Kier molecular flexibility index (Phi) is 3.09. The number of rotatable bonds is 2. The quantitative estimate of drug-likeness (QED) is 0.922. The first-order valence-electron chi connectivity index (χ1n) is 4.40. The van der Waals surface area contributed by atoms with E-state index < -0.39 is 0 Å². The molecule has 2 rings (SSSR count). The number of aromatic nitrogens is 2. The SMILES string of the molecule is NCc1ccc(-n2cc(Br)cn2)c(Cl)c1. The van der Waals surface area contributed by atoms with Crippen LogP contribution in [0.3, 0.4) is 0 Å². The van der Waals surface area contributed by atoms with Gasteiger partial charge in [-0.15, -0.1) is 0 Å². The molecule has 0 saturated carbocycles. The minimum atomic E-state index is 0.489. The van der Waals surface area contributed by atoms with Gasteiger partial charge in [-0.2, -0.15) is 5.10 Å². The van der Waals surface area contributed by atoms with Crippen LogP contribution < -0.4 is 5.73 Å². The first-order valence-corrected chi connectivity index (χ1v) is 5.57. The van der Waals surface area contributed by atoms with Gasteiger partial charge >= 0.3 is 0 Å². The highest BCUT2D eigenvalue weighted by Crippen LogP contribution is 2.22. The molecule has 15 heavy (non-hydrogen) atoms. The number of nitrogens with zero attached hydrogens (tertiary/aromatic N) is 2. The molecule has 0 atom stereocenters. The zero-order valence-electron chi connectivity index (χ0n) is 7.82. The summed E-state index contributed by atoms with van der Waals surface area (Å²) in [5.41, 5.74) is 7.38. The molecule has 0 unspecified atom stereocenters. The van der Waals surface area contributed by atoms with Crippen LogP contribution in [0.2, 0.25) is 5.02 Å². The minimum absolute atomic E-state index is 0.489. The van der Waals surface area contributed by atoms with E-state index in [4.69, 9.17) is 17.3 Å². The summed E-state index contributed by atoms with van der Waals surface area (Å²) in [6.45, 7) is 0.489. The first-order chi connectivity index (χ1) is 7.20. The number of halogens is 2. The molecule has 0 aliphatic heterocycles. The topological polar surface area (TPSA) is 43.8 Å². The van der Waals surface area contributed by atoms with Crippen molar-refractivity contribution >= 4 is 27.5 Å². The lowest BCUT2D eigenvalue weighted by Gasteiger charge is -2.05. The van der Waals surface area contributed by atoms with E-state index in [9.17, 15) is 0 Å². The molecule has 3 nitrogen and oxygen atoms in total. The van der Waals surface area contributed by atoms with Gasteiger partial charge in [-0.3, -0.25) is 0 Å². The van der Waals surface area contributed by atoms with Crippen LogP contribution >= 0.6 is 27.5 Å². The third-order valence-electron chi connectivity index (χ3n) is 2.05. The molecule has 0 fully saturated rings. The van der Waals surface area contributed by atoms with Crippen LogP contribution in [-0.4, -0.2) is 9.78 Å². The van der Waals surface area contributed by atoms with Crippen molar-refractivity contribution in [2.24, 2.45) is 5.73 Å². The molecule has 5 heteroatoms. The Hall–Kier alpha value is -0.840. The summed E-state index contributed by atoms with van der Waals surface area (Å²) in [6, 6.07) is 5.70. The molecular weight excluding hydrogens is 277 g/mol. The predicted octanol–water partition coefficient (Wildman–Crippen LogP) is 2.75. The summed E-state index contributed by atoms with van der Waals surface area (Å²) < 4.78 is 2.63. The average Bonchev–Trinajstić information content (AvgIpc) is 2.64. The van der Waals surface area contributed by atoms with E-state index in [1.807, 2.05) is 24.4 Å². The smallest absolute Gasteiger partial charge is 0.0832 e. The molecule has 0 amide bonds. The van der Waals surface area contributed by atoms with Crippen LogP contribution in [-0.2, 0) is 6.54 Å². The van der Waals surface area contributed by atoms with Gasteiger partial charge in [0.2, 0.25) is 0 Å². The molecular formula is C10H9BrClN3. The van der Waals surface area contributed by atoms with Crippen LogP contribution in [0, 0.1) is 0 Å². The van der Waals surface area contributed by atoms with Gasteiger partial charge in [-0.25, -0.2) is 4.68 Å². The van der Waals surface area contributed by atoms with Crippen molar-refractivity contribution in [1.29, 1.82) is 0 Å². The van der Waals surface area contributed by atoms with Crippen molar-refractivity contribution in [2.45, 2.75) is 6.54 Å². The maximum absolute atomic E-state index is 6.12. The lowest BCUT2D eigenvalue weighted by atomic mass is 10.2. The van der Waals surface area contributed by atoms with Crippen LogP contribution in [0.1, 0.15) is 5.56 Å². The Morgan fingerprint density at radius 1 is 1.47 bits per heavy atom. The predicted molar refractivity (Wildman–Crippen MR) is 64.2 cm³/mol. The highest BCUT2D eigenvalue weighted by atomic mass is 79.9. The highest BCUT2D eigenvalue weighted by molar-refractivity contribution is 9.10. The summed E-state index contributed by atoms with van der Waals surface area (Å²) in [5.74, 6) is 0. The first kappa shape index (κ1) is 10.7. The number of nitrogens with two attached hydrogens (primary N) is 1. The van der Waals surface area contributed by atoms with Crippen LogP contribution in [0.15, 0.2) is 35.1 Å². The van der Waals surface area contributed by atoms with Crippen molar-refractivity contribution in [1.82, 2.24) is 9.78 Å². The van der Waals surface area contributed by atoms with Gasteiger partial charge in [0, 0.05) is 12.7 Å². The van der Waals surface area contributed by atoms with Crippen molar-refractivity contribution < 1.29 is 0 Å². The van der Waals surface area contributed by atoms with Crippen molar-refractivity contribution in [3.63, 3.8) is 0 Å². The fraction of sp³-hybridized carbons (Fsp3) is 0.100. The molecule has 0 spiro atoms. The van der Waals surface area contributed by atoms with Crippen LogP contribution in [0.4, 0.5) is 0 Å². The average molecular weight is 287 g/mol. The highest BCUT2D eigenvalue weighted by Gasteiger charge is 2.04. The van der Waals surface area contributed by atoms with E-state index in [-0.39, 0.29) is 0 Å². The van der Waals surface area contributed by atoms with Gasteiger partial charge < -0.3 is 5.73 Å². The molecule has 78 valence electrons. The zero-order valence-corrected chi connectivity index (χ0v) is 10.2. The molecule has 0 bridgehead atoms. The second-order valence-corrected chi connectivity index (χ2v) is 4.42. The van der Waals surface area contributed by atoms with E-state index in [0.29, 0.717) is 11.6 Å². The van der Waals surface area contributed by atoms with E-state index in [0.717, 1.165) is 15.7 Å². The fourth-order valence-electron chi connectivity index (χ4n) is 1.30. The molecule has 0 saturated heterocycles. The van der Waals surface area contributed by atoms with E-state index in [2.05, 4.69) is 21.0 Å². The van der Waals surface area contributed by atoms with E-state index in [1.165, 1.54) is 0 Å². The lowest BCUT2D eigenvalue weighted by molar-refractivity contribution is 0.878.